The second kappa shape index (κ2) is 8.31. The van der Waals surface area contributed by atoms with Gasteiger partial charge in [-0.05, 0) is 57.7 Å². The van der Waals surface area contributed by atoms with E-state index in [1.807, 2.05) is 20.8 Å². The number of carbonyl (C=O) groups is 2. The summed E-state index contributed by atoms with van der Waals surface area (Å²) in [5.41, 5.74) is -0.242. The maximum Gasteiger partial charge on any atom is 0.410 e. The Morgan fingerprint density at radius 2 is 1.72 bits per heavy atom. The van der Waals surface area contributed by atoms with E-state index in [0.29, 0.717) is 44.2 Å². The summed E-state index contributed by atoms with van der Waals surface area (Å²) in [7, 11) is -3.63. The van der Waals surface area contributed by atoms with Crippen molar-refractivity contribution in [3.05, 3.63) is 29.8 Å². The molecule has 1 heterocycles. The molecule has 1 aromatic carbocycles. The molecule has 2 aliphatic rings. The second-order valence-corrected chi connectivity index (χ2v) is 10.3. The van der Waals surface area contributed by atoms with E-state index in [4.69, 9.17) is 4.74 Å². The molecule has 160 valence electrons. The van der Waals surface area contributed by atoms with Gasteiger partial charge in [0.1, 0.15) is 5.60 Å². The van der Waals surface area contributed by atoms with Gasteiger partial charge in [0, 0.05) is 38.3 Å². The molecule has 0 spiro atoms. The highest BCUT2D eigenvalue weighted by atomic mass is 32.2. The molecule has 0 atom stereocenters. The molecule has 0 bridgehead atoms. The van der Waals surface area contributed by atoms with Gasteiger partial charge in [0.15, 0.2) is 0 Å². The molecule has 1 N–H and O–H groups in total. The summed E-state index contributed by atoms with van der Waals surface area (Å²) in [5, 5.41) is 0. The number of carbonyl (C=O) groups excluding carboxylic acids is 2. The van der Waals surface area contributed by atoms with Gasteiger partial charge in [0.05, 0.1) is 4.90 Å². The van der Waals surface area contributed by atoms with Crippen molar-refractivity contribution < 1.29 is 22.7 Å². The zero-order valence-electron chi connectivity index (χ0n) is 17.2. The summed E-state index contributed by atoms with van der Waals surface area (Å²) in [6.45, 7) is 7.36. The third-order valence-electron chi connectivity index (χ3n) is 4.87. The highest BCUT2D eigenvalue weighted by Crippen LogP contribution is 2.28. The Balaban J connectivity index is 1.60. The van der Waals surface area contributed by atoms with E-state index in [1.165, 1.54) is 12.1 Å². The number of nitrogens with zero attached hydrogens (tertiary/aromatic N) is 2. The molecule has 2 amide bonds. The average molecular weight is 424 g/mol. The molecule has 1 aromatic rings. The number of nitrogens with one attached hydrogen (secondary N) is 1. The maximum absolute atomic E-state index is 12.8. The van der Waals surface area contributed by atoms with Crippen LogP contribution in [0.3, 0.4) is 0 Å². The Kier molecular flexibility index (Phi) is 6.19. The van der Waals surface area contributed by atoms with Crippen LogP contribution in [0.4, 0.5) is 4.79 Å². The fraction of sp³-hybridized carbons (Fsp3) is 0.600. The number of piperazine rings is 1. The van der Waals surface area contributed by atoms with Crippen molar-refractivity contribution in [2.45, 2.75) is 44.1 Å². The number of amides is 2. The first kappa shape index (κ1) is 21.6. The predicted molar refractivity (Wildman–Crippen MR) is 108 cm³/mol. The molecular formula is C20H29N3O5S. The molecule has 1 saturated carbocycles. The highest BCUT2D eigenvalue weighted by Gasteiger charge is 2.29. The second-order valence-electron chi connectivity index (χ2n) is 8.58. The molecule has 1 aliphatic carbocycles. The summed E-state index contributed by atoms with van der Waals surface area (Å²) in [6, 6.07) is 6.10. The SMILES string of the molecule is CC(C)(C)OC(=O)N1CCN(C(=O)c2cccc(S(=O)(=O)NCC3CC3)c2)CC1. The third-order valence-corrected chi connectivity index (χ3v) is 6.29. The Morgan fingerprint density at radius 3 is 2.31 bits per heavy atom. The lowest BCUT2D eigenvalue weighted by Gasteiger charge is -2.35. The molecule has 0 radical (unpaired) electrons. The number of rotatable bonds is 5. The van der Waals surface area contributed by atoms with Crippen molar-refractivity contribution in [3.63, 3.8) is 0 Å². The van der Waals surface area contributed by atoms with Gasteiger partial charge in [0.25, 0.3) is 5.91 Å². The van der Waals surface area contributed by atoms with Crippen LogP contribution in [0.5, 0.6) is 0 Å². The molecule has 9 heteroatoms. The van der Waals surface area contributed by atoms with Gasteiger partial charge in [-0.15, -0.1) is 0 Å². The quantitative estimate of drug-likeness (QED) is 0.782. The minimum absolute atomic E-state index is 0.0939. The largest absolute Gasteiger partial charge is 0.444 e. The van der Waals surface area contributed by atoms with E-state index in [0.717, 1.165) is 12.8 Å². The van der Waals surface area contributed by atoms with Crippen molar-refractivity contribution in [1.29, 1.82) is 0 Å². The van der Waals surface area contributed by atoms with E-state index < -0.39 is 15.6 Å². The Morgan fingerprint density at radius 1 is 1.10 bits per heavy atom. The minimum atomic E-state index is -3.63. The van der Waals surface area contributed by atoms with Gasteiger partial charge < -0.3 is 14.5 Å². The molecule has 3 rings (SSSR count). The van der Waals surface area contributed by atoms with Gasteiger partial charge in [-0.25, -0.2) is 17.9 Å². The monoisotopic (exact) mass is 423 g/mol. The van der Waals surface area contributed by atoms with Crippen molar-refractivity contribution in [3.8, 4) is 0 Å². The summed E-state index contributed by atoms with van der Waals surface area (Å²) < 4.78 is 32.9. The zero-order valence-corrected chi connectivity index (χ0v) is 18.0. The van der Waals surface area contributed by atoms with Crippen molar-refractivity contribution in [1.82, 2.24) is 14.5 Å². The Bertz CT molecular complexity index is 866. The van der Waals surface area contributed by atoms with Crippen LogP contribution in [-0.4, -0.2) is 68.5 Å². The standard InChI is InChI=1S/C20H29N3O5S/c1-20(2,3)28-19(25)23-11-9-22(10-12-23)18(24)16-5-4-6-17(13-16)29(26,27)21-14-15-7-8-15/h4-6,13,15,21H,7-12,14H2,1-3H3. The first-order chi connectivity index (χ1) is 13.5. The number of hydrogen-bond acceptors (Lipinski definition) is 5. The van der Waals surface area contributed by atoms with E-state index in [2.05, 4.69) is 4.72 Å². The third kappa shape index (κ3) is 5.93. The Hall–Kier alpha value is -2.13. The van der Waals surface area contributed by atoms with Gasteiger partial charge in [-0.1, -0.05) is 6.07 Å². The van der Waals surface area contributed by atoms with Crippen LogP contribution < -0.4 is 4.72 Å². The van der Waals surface area contributed by atoms with Gasteiger partial charge in [-0.2, -0.15) is 0 Å². The molecule has 8 nitrogen and oxygen atoms in total. The number of sulfonamides is 1. The fourth-order valence-corrected chi connectivity index (χ4v) is 4.19. The van der Waals surface area contributed by atoms with Crippen LogP contribution in [0, 0.1) is 5.92 Å². The van der Waals surface area contributed by atoms with Crippen molar-refractivity contribution in [2.24, 2.45) is 5.92 Å². The summed E-state index contributed by atoms with van der Waals surface area (Å²) >= 11 is 0. The molecule has 0 unspecified atom stereocenters. The normalized spacial score (nSPS) is 17.9. The highest BCUT2D eigenvalue weighted by molar-refractivity contribution is 7.89. The van der Waals surface area contributed by atoms with Gasteiger partial charge >= 0.3 is 6.09 Å². The van der Waals surface area contributed by atoms with Crippen LogP contribution in [0.25, 0.3) is 0 Å². The fourth-order valence-electron chi connectivity index (χ4n) is 3.03. The van der Waals surface area contributed by atoms with Crippen molar-refractivity contribution in [2.75, 3.05) is 32.7 Å². The average Bonchev–Trinajstić information content (AvgIpc) is 3.49. The molecule has 1 saturated heterocycles. The number of ether oxygens (including phenoxy) is 1. The molecule has 1 aliphatic heterocycles. The Labute approximate surface area is 172 Å². The van der Waals surface area contributed by atoms with Crippen LogP contribution in [0.1, 0.15) is 44.0 Å². The number of hydrogen-bond donors (Lipinski definition) is 1. The topological polar surface area (TPSA) is 96.0 Å². The van der Waals surface area contributed by atoms with Crippen molar-refractivity contribution >= 4 is 22.0 Å². The molecule has 29 heavy (non-hydrogen) atoms. The number of benzene rings is 1. The first-order valence-electron chi connectivity index (χ1n) is 9.92. The first-order valence-corrected chi connectivity index (χ1v) is 11.4. The zero-order chi connectivity index (χ0) is 21.2. The molecular weight excluding hydrogens is 394 g/mol. The molecule has 0 aromatic heterocycles. The summed E-state index contributed by atoms with van der Waals surface area (Å²) in [6.07, 6.45) is 1.71. The van der Waals surface area contributed by atoms with Crippen LogP contribution in [0.2, 0.25) is 0 Å². The van der Waals surface area contributed by atoms with Crippen LogP contribution >= 0.6 is 0 Å². The van der Waals surface area contributed by atoms with Crippen LogP contribution in [-0.2, 0) is 14.8 Å². The van der Waals surface area contributed by atoms with E-state index in [1.54, 1.807) is 21.9 Å². The van der Waals surface area contributed by atoms with Crippen LogP contribution in [0.15, 0.2) is 29.2 Å². The summed E-state index contributed by atoms with van der Waals surface area (Å²) in [5.74, 6) is 0.184. The lowest BCUT2D eigenvalue weighted by atomic mass is 10.2. The maximum atomic E-state index is 12.8. The van der Waals surface area contributed by atoms with Gasteiger partial charge in [0.2, 0.25) is 10.0 Å². The molecule has 2 fully saturated rings. The lowest BCUT2D eigenvalue weighted by Crippen LogP contribution is -2.51. The smallest absolute Gasteiger partial charge is 0.410 e. The van der Waals surface area contributed by atoms with E-state index in [9.17, 15) is 18.0 Å². The predicted octanol–water partition coefficient (Wildman–Crippen LogP) is 2.07. The van der Waals surface area contributed by atoms with E-state index in [-0.39, 0.29) is 16.9 Å². The van der Waals surface area contributed by atoms with E-state index >= 15 is 0 Å². The summed E-state index contributed by atoms with van der Waals surface area (Å²) in [4.78, 5) is 28.3. The minimum Gasteiger partial charge on any atom is -0.444 e. The van der Waals surface area contributed by atoms with Gasteiger partial charge in [-0.3, -0.25) is 4.79 Å². The lowest BCUT2D eigenvalue weighted by molar-refractivity contribution is 0.0141.